The van der Waals surface area contributed by atoms with Crippen LogP contribution < -0.4 is 5.32 Å². The predicted octanol–water partition coefficient (Wildman–Crippen LogP) is 4.01. The van der Waals surface area contributed by atoms with Gasteiger partial charge in [-0.1, -0.05) is 30.3 Å². The predicted molar refractivity (Wildman–Crippen MR) is 109 cm³/mol. The fourth-order valence-corrected chi connectivity index (χ4v) is 4.44. The molecule has 4 rings (SSSR count). The number of amides is 1. The van der Waals surface area contributed by atoms with E-state index in [4.69, 9.17) is 0 Å². The molecular weight excluding hydrogens is 356 g/mol. The zero-order valence-electron chi connectivity index (χ0n) is 15.4. The molecule has 140 valence electrons. The zero-order valence-corrected chi connectivity index (χ0v) is 16.3. The van der Waals surface area contributed by atoms with E-state index in [-0.39, 0.29) is 11.9 Å². The third kappa shape index (κ3) is 4.12. The van der Waals surface area contributed by atoms with Gasteiger partial charge in [0.15, 0.2) is 5.69 Å². The lowest BCUT2D eigenvalue weighted by atomic mass is 10.1. The van der Waals surface area contributed by atoms with Crippen LogP contribution in [0.25, 0.3) is 10.6 Å². The second-order valence-corrected chi connectivity index (χ2v) is 8.24. The van der Waals surface area contributed by atoms with Crippen molar-refractivity contribution >= 4 is 17.2 Å². The molecule has 1 saturated heterocycles. The third-order valence-corrected chi connectivity index (χ3v) is 6.07. The summed E-state index contributed by atoms with van der Waals surface area (Å²) < 4.78 is 0. The van der Waals surface area contributed by atoms with Crippen molar-refractivity contribution in [3.8, 4) is 10.6 Å². The van der Waals surface area contributed by atoms with Crippen molar-refractivity contribution in [3.63, 3.8) is 0 Å². The average Bonchev–Trinajstić information content (AvgIpc) is 3.44. The minimum absolute atomic E-state index is 0.133. The summed E-state index contributed by atoms with van der Waals surface area (Å²) >= 11 is 1.69. The van der Waals surface area contributed by atoms with Crippen LogP contribution in [0.15, 0.2) is 48.5 Å². The van der Waals surface area contributed by atoms with Crippen LogP contribution >= 0.6 is 11.3 Å². The van der Waals surface area contributed by atoms with Gasteiger partial charge in [0.25, 0.3) is 5.91 Å². The average molecular weight is 381 g/mol. The molecule has 1 unspecified atom stereocenters. The largest absolute Gasteiger partial charge is 0.349 e. The maximum absolute atomic E-state index is 12.6. The number of rotatable bonds is 6. The van der Waals surface area contributed by atoms with Crippen molar-refractivity contribution in [3.05, 3.63) is 64.7 Å². The van der Waals surface area contributed by atoms with Gasteiger partial charge in [0.05, 0.1) is 16.6 Å². The third-order valence-electron chi connectivity index (χ3n) is 5.04. The molecule has 6 heteroatoms. The molecule has 5 nitrogen and oxygen atoms in total. The molecule has 2 N–H and O–H groups in total. The minimum Gasteiger partial charge on any atom is -0.349 e. The maximum atomic E-state index is 12.6. The SMILES string of the molecule is Cc1ccc(-c2cc(C(=O)NCC(c3ccccc3)N3CCCC3)n[nH]2)s1. The van der Waals surface area contributed by atoms with Gasteiger partial charge in [-0.3, -0.25) is 14.8 Å². The highest BCUT2D eigenvalue weighted by Crippen LogP contribution is 2.27. The molecule has 27 heavy (non-hydrogen) atoms. The number of nitrogens with zero attached hydrogens (tertiary/aromatic N) is 2. The summed E-state index contributed by atoms with van der Waals surface area (Å²) in [6, 6.07) is 16.6. The van der Waals surface area contributed by atoms with Crippen molar-refractivity contribution in [2.75, 3.05) is 19.6 Å². The summed E-state index contributed by atoms with van der Waals surface area (Å²) in [5.74, 6) is -0.133. The maximum Gasteiger partial charge on any atom is 0.271 e. The molecule has 0 spiro atoms. The Morgan fingerprint density at radius 2 is 2.00 bits per heavy atom. The van der Waals surface area contributed by atoms with Crippen molar-refractivity contribution in [2.45, 2.75) is 25.8 Å². The molecular formula is C21H24N4OS. The first kappa shape index (κ1) is 17.9. The van der Waals surface area contributed by atoms with Crippen LogP contribution in [0, 0.1) is 6.92 Å². The number of nitrogens with one attached hydrogen (secondary N) is 2. The van der Waals surface area contributed by atoms with Gasteiger partial charge in [-0.2, -0.15) is 5.10 Å². The molecule has 1 atom stereocenters. The summed E-state index contributed by atoms with van der Waals surface area (Å²) in [5.41, 5.74) is 2.57. The van der Waals surface area contributed by atoms with Gasteiger partial charge >= 0.3 is 0 Å². The molecule has 0 radical (unpaired) electrons. The van der Waals surface area contributed by atoms with Crippen LogP contribution in [0.1, 0.15) is 39.8 Å². The van der Waals surface area contributed by atoms with Gasteiger partial charge in [-0.15, -0.1) is 11.3 Å². The van der Waals surface area contributed by atoms with Crippen LogP contribution in [0.2, 0.25) is 0 Å². The van der Waals surface area contributed by atoms with E-state index in [1.807, 2.05) is 18.2 Å². The molecule has 1 aliphatic rings. The van der Waals surface area contributed by atoms with Gasteiger partial charge in [0.2, 0.25) is 0 Å². The quantitative estimate of drug-likeness (QED) is 0.679. The summed E-state index contributed by atoms with van der Waals surface area (Å²) in [5, 5.41) is 10.3. The number of carbonyl (C=O) groups is 1. The van der Waals surface area contributed by atoms with Crippen LogP contribution in [0.4, 0.5) is 0 Å². The first-order chi connectivity index (χ1) is 13.2. The topological polar surface area (TPSA) is 61.0 Å². The molecule has 1 fully saturated rings. The van der Waals surface area contributed by atoms with Crippen molar-refractivity contribution in [1.82, 2.24) is 20.4 Å². The number of H-pyrrole nitrogens is 1. The number of carbonyl (C=O) groups excluding carboxylic acids is 1. The van der Waals surface area contributed by atoms with E-state index < -0.39 is 0 Å². The standard InChI is InChI=1S/C21H24N4OS/c1-15-9-10-20(27-15)17-13-18(24-23-17)21(26)22-14-19(25-11-5-6-12-25)16-7-3-2-4-8-16/h2-4,7-10,13,19H,5-6,11-12,14H2,1H3,(H,22,26)(H,23,24). The van der Waals surface area contributed by atoms with Gasteiger partial charge in [0.1, 0.15) is 0 Å². The minimum atomic E-state index is -0.133. The van der Waals surface area contributed by atoms with E-state index in [1.165, 1.54) is 23.3 Å². The Balaban J connectivity index is 1.44. The Morgan fingerprint density at radius 1 is 1.22 bits per heavy atom. The lowest BCUT2D eigenvalue weighted by Gasteiger charge is -2.28. The monoisotopic (exact) mass is 380 g/mol. The Morgan fingerprint density at radius 3 is 2.70 bits per heavy atom. The molecule has 0 saturated carbocycles. The summed E-state index contributed by atoms with van der Waals surface area (Å²) in [7, 11) is 0. The zero-order chi connectivity index (χ0) is 18.6. The smallest absolute Gasteiger partial charge is 0.271 e. The number of benzene rings is 1. The van der Waals surface area contributed by atoms with Crippen LogP contribution in [-0.2, 0) is 0 Å². The van der Waals surface area contributed by atoms with Crippen molar-refractivity contribution in [2.24, 2.45) is 0 Å². The first-order valence-electron chi connectivity index (χ1n) is 9.40. The number of hydrogen-bond acceptors (Lipinski definition) is 4. The van der Waals surface area contributed by atoms with Gasteiger partial charge in [-0.05, 0) is 56.6 Å². The Labute approximate surface area is 163 Å². The molecule has 3 aromatic rings. The Kier molecular flexibility index (Phi) is 5.36. The summed E-state index contributed by atoms with van der Waals surface area (Å²) in [6.07, 6.45) is 2.44. The molecule has 1 amide bonds. The van der Waals surface area contributed by atoms with E-state index >= 15 is 0 Å². The second-order valence-electron chi connectivity index (χ2n) is 6.96. The number of aryl methyl sites for hydroxylation is 1. The molecule has 1 aliphatic heterocycles. The second kappa shape index (κ2) is 8.06. The summed E-state index contributed by atoms with van der Waals surface area (Å²) in [4.78, 5) is 17.4. The molecule has 0 bridgehead atoms. The number of aromatic nitrogens is 2. The van der Waals surface area contributed by atoms with Gasteiger partial charge in [0, 0.05) is 11.4 Å². The summed E-state index contributed by atoms with van der Waals surface area (Å²) in [6.45, 7) is 4.82. The fourth-order valence-electron chi connectivity index (χ4n) is 3.61. The number of aromatic amines is 1. The molecule has 0 aliphatic carbocycles. The molecule has 1 aromatic carbocycles. The highest BCUT2D eigenvalue weighted by atomic mass is 32.1. The van der Waals surface area contributed by atoms with Crippen LogP contribution in [0.5, 0.6) is 0 Å². The number of thiophene rings is 1. The van der Waals surface area contributed by atoms with E-state index in [0.717, 1.165) is 23.7 Å². The van der Waals surface area contributed by atoms with E-state index in [9.17, 15) is 4.79 Å². The number of hydrogen-bond donors (Lipinski definition) is 2. The van der Waals surface area contributed by atoms with E-state index in [0.29, 0.717) is 12.2 Å². The van der Waals surface area contributed by atoms with E-state index in [1.54, 1.807) is 11.3 Å². The Bertz CT molecular complexity index is 896. The first-order valence-corrected chi connectivity index (χ1v) is 10.2. The lowest BCUT2D eigenvalue weighted by Crippen LogP contribution is -2.36. The highest BCUT2D eigenvalue weighted by Gasteiger charge is 2.24. The highest BCUT2D eigenvalue weighted by molar-refractivity contribution is 7.15. The lowest BCUT2D eigenvalue weighted by molar-refractivity contribution is 0.0933. The molecule has 2 aromatic heterocycles. The Hall–Kier alpha value is -2.44. The van der Waals surface area contributed by atoms with Crippen LogP contribution in [0.3, 0.4) is 0 Å². The molecule has 3 heterocycles. The normalized spacial score (nSPS) is 15.7. The van der Waals surface area contributed by atoms with Crippen molar-refractivity contribution in [1.29, 1.82) is 0 Å². The van der Waals surface area contributed by atoms with Gasteiger partial charge < -0.3 is 5.32 Å². The van der Waals surface area contributed by atoms with E-state index in [2.05, 4.69) is 57.7 Å². The van der Waals surface area contributed by atoms with Gasteiger partial charge in [-0.25, -0.2) is 0 Å². The fraction of sp³-hybridized carbons (Fsp3) is 0.333. The number of likely N-dealkylation sites (tertiary alicyclic amines) is 1. The van der Waals surface area contributed by atoms with Crippen LogP contribution in [-0.4, -0.2) is 40.6 Å². The van der Waals surface area contributed by atoms with Crippen molar-refractivity contribution < 1.29 is 4.79 Å².